The fourth-order valence-electron chi connectivity index (χ4n) is 4.50. The summed E-state index contributed by atoms with van der Waals surface area (Å²) in [5, 5.41) is 10.8. The van der Waals surface area contributed by atoms with Crippen LogP contribution in [0.5, 0.6) is 5.75 Å². The number of aliphatic carboxylic acids is 1. The number of rotatable bonds is 10. The lowest BCUT2D eigenvalue weighted by Crippen LogP contribution is -2.57. The maximum absolute atomic E-state index is 12.2. The van der Waals surface area contributed by atoms with Crippen LogP contribution in [-0.4, -0.2) is 87.5 Å². The third kappa shape index (κ3) is 6.66. The van der Waals surface area contributed by atoms with Crippen molar-refractivity contribution in [2.24, 2.45) is 0 Å². The van der Waals surface area contributed by atoms with E-state index in [-0.39, 0.29) is 32.7 Å². The number of para-hydroxylation sites is 1. The van der Waals surface area contributed by atoms with Crippen molar-refractivity contribution in [2.45, 2.75) is 19.6 Å². The van der Waals surface area contributed by atoms with Gasteiger partial charge < -0.3 is 9.84 Å². The number of carboxylic acids is 1. The van der Waals surface area contributed by atoms with Crippen LogP contribution in [0.15, 0.2) is 54.6 Å². The Morgan fingerprint density at radius 1 is 1.13 bits per heavy atom. The molecule has 1 fully saturated rings. The molecule has 0 bridgehead atoms. The third-order valence-electron chi connectivity index (χ3n) is 6.44. The van der Waals surface area contributed by atoms with Crippen molar-refractivity contribution in [3.63, 3.8) is 0 Å². The first-order valence-electron chi connectivity index (χ1n) is 11.9. The van der Waals surface area contributed by atoms with Crippen molar-refractivity contribution in [1.82, 2.24) is 14.2 Å². The van der Waals surface area contributed by atoms with E-state index in [0.29, 0.717) is 18.0 Å². The zero-order chi connectivity index (χ0) is 27.4. The van der Waals surface area contributed by atoms with E-state index in [0.717, 1.165) is 32.7 Å². The van der Waals surface area contributed by atoms with Crippen LogP contribution < -0.4 is 9.04 Å². The average molecular weight is 563 g/mol. The molecule has 1 saturated heterocycles. The maximum atomic E-state index is 12.2. The Balaban J connectivity index is 1.45. The number of carbonyl (C=O) groups is 1. The van der Waals surface area contributed by atoms with Crippen molar-refractivity contribution in [2.75, 3.05) is 43.3 Å². The quantitative estimate of drug-likeness (QED) is 0.356. The molecule has 2 N–H and O–H groups in total. The van der Waals surface area contributed by atoms with Crippen molar-refractivity contribution in [3.05, 3.63) is 65.9 Å². The normalized spacial score (nSPS) is 16.7. The molecule has 1 aromatic heterocycles. The van der Waals surface area contributed by atoms with Gasteiger partial charge in [0.1, 0.15) is 18.4 Å². The highest BCUT2D eigenvalue weighted by Gasteiger charge is 2.34. The van der Waals surface area contributed by atoms with Crippen molar-refractivity contribution in [1.29, 1.82) is 0 Å². The number of nitrogens with zero attached hydrogens (tertiary/aromatic N) is 4. The number of fused-ring (bicyclic) bond motifs is 1. The summed E-state index contributed by atoms with van der Waals surface area (Å²) in [6.45, 7) is 2.67. The molecule has 38 heavy (non-hydrogen) atoms. The Kier molecular flexibility index (Phi) is 8.63. The minimum Gasteiger partial charge on any atom is -0.489 e. The number of aromatic nitrogens is 1. The summed E-state index contributed by atoms with van der Waals surface area (Å²) in [4.78, 5) is 18.2. The van der Waals surface area contributed by atoms with Crippen molar-refractivity contribution in [3.8, 4) is 5.75 Å². The molecule has 0 saturated carbocycles. The number of piperazine rings is 1. The molecule has 0 spiro atoms. The van der Waals surface area contributed by atoms with Gasteiger partial charge in [-0.2, -0.15) is 4.31 Å². The van der Waals surface area contributed by atoms with Gasteiger partial charge in [0.15, 0.2) is 0 Å². The second-order valence-electron chi connectivity index (χ2n) is 9.07. The lowest BCUT2D eigenvalue weighted by molar-refractivity contribution is -0.143. The summed E-state index contributed by atoms with van der Waals surface area (Å²) in [7, 11) is -3.37. The van der Waals surface area contributed by atoms with E-state index in [1.165, 1.54) is 4.31 Å². The van der Waals surface area contributed by atoms with Gasteiger partial charge in [-0.05, 0) is 43.3 Å². The Hall–Kier alpha value is -3.10. The smallest absolute Gasteiger partial charge is 0.322 e. The molecule has 2 atom stereocenters. The topological polar surface area (TPSA) is 141 Å². The minimum atomic E-state index is -3.37. The summed E-state index contributed by atoms with van der Waals surface area (Å²) in [5.74, 6) is -0.615. The lowest BCUT2D eigenvalue weighted by atomic mass is 10.1. The number of anilines is 1. The van der Waals surface area contributed by atoms with Crippen LogP contribution >= 0.6 is 0 Å². The van der Waals surface area contributed by atoms with Crippen LogP contribution in [0.1, 0.15) is 11.3 Å². The predicted octanol–water partition coefficient (Wildman–Crippen LogP) is 2.10. The molecule has 13 heteroatoms. The summed E-state index contributed by atoms with van der Waals surface area (Å²) >= 11 is -2.49. The highest BCUT2D eigenvalue weighted by atomic mass is 32.2. The van der Waals surface area contributed by atoms with E-state index < -0.39 is 33.3 Å². The lowest BCUT2D eigenvalue weighted by Gasteiger charge is -2.37. The molecule has 3 aromatic rings. The van der Waals surface area contributed by atoms with Gasteiger partial charge in [-0.15, -0.1) is 0 Å². The minimum absolute atomic E-state index is 0.156. The first-order chi connectivity index (χ1) is 18.0. The van der Waals surface area contributed by atoms with E-state index in [2.05, 4.69) is 4.98 Å². The molecule has 204 valence electrons. The van der Waals surface area contributed by atoms with Gasteiger partial charge in [0.05, 0.1) is 24.0 Å². The van der Waals surface area contributed by atoms with Crippen molar-refractivity contribution < 1.29 is 31.8 Å². The molecule has 0 radical (unpaired) electrons. The molecular formula is C25H30N4O7S2. The van der Waals surface area contributed by atoms with Gasteiger partial charge >= 0.3 is 5.97 Å². The molecule has 4 rings (SSSR count). The SMILES string of the molecule is Cc1cc(COc2ccc(N(C[C@H](C(=O)O)N3CCN(S(C)(=O)=O)CC3)S(=O)O)cc2)c2ccccc2n1. The largest absolute Gasteiger partial charge is 0.489 e. The molecule has 1 aliphatic rings. The number of pyridine rings is 1. The van der Waals surface area contributed by atoms with Crippen LogP contribution in [0.2, 0.25) is 0 Å². The van der Waals surface area contributed by atoms with Crippen LogP contribution in [-0.2, 0) is 32.7 Å². The number of aryl methyl sites for hydroxylation is 1. The maximum Gasteiger partial charge on any atom is 0.322 e. The summed E-state index contributed by atoms with van der Waals surface area (Å²) < 4.78 is 54.0. The standard InChI is InChI=1S/C25H30N4O7S2/c1-18-15-19(22-5-3-4-6-23(22)26-18)17-36-21-9-7-20(8-10-21)29(37(32)33)16-24(25(30)31)27-11-13-28(14-12-27)38(2,34)35/h3-10,15,24H,11-14,16-17H2,1-2H3,(H,30,31)(H,32,33)/t24-/m1/s1. The van der Waals surface area contributed by atoms with Crippen LogP contribution in [0.25, 0.3) is 10.9 Å². The molecule has 11 nitrogen and oxygen atoms in total. The number of sulfonamides is 1. The van der Waals surface area contributed by atoms with Gasteiger partial charge in [0, 0.05) is 42.8 Å². The first kappa shape index (κ1) is 27.9. The van der Waals surface area contributed by atoms with E-state index in [1.807, 2.05) is 37.3 Å². The average Bonchev–Trinajstić information content (AvgIpc) is 2.87. The monoisotopic (exact) mass is 562 g/mol. The van der Waals surface area contributed by atoms with Crippen LogP contribution in [0, 0.1) is 6.92 Å². The number of carboxylic acid groups (broad SMARTS) is 1. The fraction of sp³-hybridized carbons (Fsp3) is 0.360. The Labute approximate surface area is 224 Å². The van der Waals surface area contributed by atoms with Gasteiger partial charge in [-0.1, -0.05) is 18.2 Å². The highest BCUT2D eigenvalue weighted by molar-refractivity contribution is 7.88. The van der Waals surface area contributed by atoms with E-state index in [1.54, 1.807) is 29.2 Å². The van der Waals surface area contributed by atoms with Crippen molar-refractivity contribution >= 4 is 43.8 Å². The van der Waals surface area contributed by atoms with Gasteiger partial charge in [-0.25, -0.2) is 12.6 Å². The second-order valence-corrected chi connectivity index (χ2v) is 12.0. The zero-order valence-electron chi connectivity index (χ0n) is 21.1. The molecule has 0 aliphatic carbocycles. The van der Waals surface area contributed by atoms with Crippen LogP contribution in [0.3, 0.4) is 0 Å². The summed E-state index contributed by atoms with van der Waals surface area (Å²) in [6, 6.07) is 15.2. The fourth-order valence-corrected chi connectivity index (χ4v) is 5.89. The molecule has 1 unspecified atom stereocenters. The van der Waals surface area contributed by atoms with Gasteiger partial charge in [-0.3, -0.25) is 23.5 Å². The third-order valence-corrected chi connectivity index (χ3v) is 8.48. The van der Waals surface area contributed by atoms with Gasteiger partial charge in [0.2, 0.25) is 10.0 Å². The molecule has 2 aromatic carbocycles. The second kappa shape index (κ2) is 11.7. The summed E-state index contributed by atoms with van der Waals surface area (Å²) in [5.41, 5.74) is 3.10. The first-order valence-corrected chi connectivity index (χ1v) is 14.8. The Bertz CT molecular complexity index is 1430. The van der Waals surface area contributed by atoms with E-state index in [9.17, 15) is 27.1 Å². The molecular weight excluding hydrogens is 532 g/mol. The van der Waals surface area contributed by atoms with E-state index >= 15 is 0 Å². The van der Waals surface area contributed by atoms with Gasteiger partial charge in [0.25, 0.3) is 11.3 Å². The number of benzene rings is 2. The molecule has 1 aliphatic heterocycles. The summed E-state index contributed by atoms with van der Waals surface area (Å²) in [6.07, 6.45) is 1.11. The van der Waals surface area contributed by atoms with E-state index in [4.69, 9.17) is 4.74 Å². The molecule has 2 heterocycles. The predicted molar refractivity (Wildman–Crippen MR) is 145 cm³/mol. The number of hydrogen-bond acceptors (Lipinski definition) is 7. The number of ether oxygens (including phenoxy) is 1. The Morgan fingerprint density at radius 2 is 1.79 bits per heavy atom. The zero-order valence-corrected chi connectivity index (χ0v) is 22.7. The Morgan fingerprint density at radius 3 is 2.39 bits per heavy atom. The number of hydrogen-bond donors (Lipinski definition) is 2. The van der Waals surface area contributed by atoms with Crippen LogP contribution in [0.4, 0.5) is 5.69 Å². The molecule has 0 amide bonds. The highest BCUT2D eigenvalue weighted by Crippen LogP contribution is 2.24.